The fraction of sp³-hybridized carbons (Fsp3) is 0.583. The van der Waals surface area contributed by atoms with E-state index >= 15 is 0 Å². The molecular formula is C12H20N2OS. The maximum absolute atomic E-state index is 11.4. The molecule has 0 atom stereocenters. The number of carbonyl (C=O) groups is 1. The molecule has 0 fully saturated rings. The molecule has 16 heavy (non-hydrogen) atoms. The zero-order chi connectivity index (χ0) is 12.1. The Morgan fingerprint density at radius 1 is 1.44 bits per heavy atom. The molecule has 0 aliphatic heterocycles. The molecule has 90 valence electrons. The molecule has 0 aliphatic carbocycles. The Morgan fingerprint density at radius 3 is 2.62 bits per heavy atom. The Balaban J connectivity index is 2.30. The van der Waals surface area contributed by atoms with Crippen molar-refractivity contribution in [2.45, 2.75) is 40.3 Å². The minimum atomic E-state index is 0.0552. The van der Waals surface area contributed by atoms with Gasteiger partial charge in [0.25, 0.3) is 0 Å². The third kappa shape index (κ3) is 4.33. The van der Waals surface area contributed by atoms with Gasteiger partial charge in [0.1, 0.15) is 0 Å². The summed E-state index contributed by atoms with van der Waals surface area (Å²) < 4.78 is 0. The molecule has 0 radical (unpaired) electrons. The van der Waals surface area contributed by atoms with E-state index in [2.05, 4.69) is 30.5 Å². The second kappa shape index (κ2) is 6.01. The topological polar surface area (TPSA) is 41.1 Å². The average Bonchev–Trinajstić information content (AvgIpc) is 2.44. The summed E-state index contributed by atoms with van der Waals surface area (Å²) in [7, 11) is 0. The van der Waals surface area contributed by atoms with Gasteiger partial charge in [0.15, 0.2) is 0 Å². The van der Waals surface area contributed by atoms with Crippen molar-refractivity contribution in [3.63, 3.8) is 0 Å². The van der Waals surface area contributed by atoms with Crippen LogP contribution in [0.1, 0.15) is 29.2 Å². The Bertz CT molecular complexity index is 358. The van der Waals surface area contributed by atoms with Crippen LogP contribution >= 0.6 is 11.3 Å². The standard InChI is InChI=1S/C12H20N2OS/c1-8(2)14-12(15)7-13-6-11-5-9(3)16-10(11)4/h5,8,13H,6-7H2,1-4H3,(H,14,15). The lowest BCUT2D eigenvalue weighted by Crippen LogP contribution is -2.37. The number of rotatable bonds is 5. The van der Waals surface area contributed by atoms with Crippen LogP contribution in [-0.4, -0.2) is 18.5 Å². The van der Waals surface area contributed by atoms with Crippen LogP contribution in [-0.2, 0) is 11.3 Å². The van der Waals surface area contributed by atoms with Crippen molar-refractivity contribution in [1.82, 2.24) is 10.6 Å². The molecule has 1 rings (SSSR count). The van der Waals surface area contributed by atoms with Gasteiger partial charge in [-0.3, -0.25) is 4.79 Å². The number of hydrogen-bond acceptors (Lipinski definition) is 3. The molecule has 1 aromatic heterocycles. The fourth-order valence-electron chi connectivity index (χ4n) is 1.54. The maximum atomic E-state index is 11.4. The van der Waals surface area contributed by atoms with E-state index < -0.39 is 0 Å². The van der Waals surface area contributed by atoms with Crippen LogP contribution in [0.2, 0.25) is 0 Å². The Morgan fingerprint density at radius 2 is 2.12 bits per heavy atom. The van der Waals surface area contributed by atoms with Gasteiger partial charge >= 0.3 is 0 Å². The minimum Gasteiger partial charge on any atom is -0.353 e. The normalized spacial score (nSPS) is 10.8. The van der Waals surface area contributed by atoms with E-state index in [1.807, 2.05) is 13.8 Å². The lowest BCUT2D eigenvalue weighted by Gasteiger charge is -2.08. The lowest BCUT2D eigenvalue weighted by atomic mass is 10.2. The summed E-state index contributed by atoms with van der Waals surface area (Å²) >= 11 is 1.80. The van der Waals surface area contributed by atoms with Crippen LogP contribution in [0.15, 0.2) is 6.07 Å². The van der Waals surface area contributed by atoms with E-state index in [-0.39, 0.29) is 11.9 Å². The van der Waals surface area contributed by atoms with Crippen LogP contribution in [0.25, 0.3) is 0 Å². The van der Waals surface area contributed by atoms with Crippen molar-refractivity contribution in [1.29, 1.82) is 0 Å². The molecule has 0 saturated heterocycles. The predicted octanol–water partition coefficient (Wildman–Crippen LogP) is 1.98. The van der Waals surface area contributed by atoms with Gasteiger partial charge in [-0.2, -0.15) is 0 Å². The molecule has 0 saturated carbocycles. The van der Waals surface area contributed by atoms with Gasteiger partial charge in [0.05, 0.1) is 6.54 Å². The molecule has 4 heteroatoms. The summed E-state index contributed by atoms with van der Waals surface area (Å²) in [6.07, 6.45) is 0. The van der Waals surface area contributed by atoms with Gasteiger partial charge in [0.2, 0.25) is 5.91 Å². The van der Waals surface area contributed by atoms with Gasteiger partial charge < -0.3 is 10.6 Å². The molecule has 2 N–H and O–H groups in total. The van der Waals surface area contributed by atoms with Crippen LogP contribution in [0.5, 0.6) is 0 Å². The number of hydrogen-bond donors (Lipinski definition) is 2. The monoisotopic (exact) mass is 240 g/mol. The molecule has 0 unspecified atom stereocenters. The van der Waals surface area contributed by atoms with Gasteiger partial charge in [-0.1, -0.05) is 0 Å². The van der Waals surface area contributed by atoms with Crippen molar-refractivity contribution in [3.05, 3.63) is 21.4 Å². The quantitative estimate of drug-likeness (QED) is 0.826. The van der Waals surface area contributed by atoms with E-state index in [0.717, 1.165) is 6.54 Å². The molecular weight excluding hydrogens is 220 g/mol. The second-order valence-corrected chi connectivity index (χ2v) is 5.72. The van der Waals surface area contributed by atoms with Crippen molar-refractivity contribution in [2.24, 2.45) is 0 Å². The van der Waals surface area contributed by atoms with Gasteiger partial charge in [-0.25, -0.2) is 0 Å². The zero-order valence-corrected chi connectivity index (χ0v) is 11.2. The van der Waals surface area contributed by atoms with Crippen molar-refractivity contribution in [2.75, 3.05) is 6.54 Å². The van der Waals surface area contributed by atoms with Crippen LogP contribution in [0.4, 0.5) is 0 Å². The largest absolute Gasteiger partial charge is 0.353 e. The third-order valence-corrected chi connectivity index (χ3v) is 3.20. The molecule has 0 spiro atoms. The summed E-state index contributed by atoms with van der Waals surface area (Å²) in [4.78, 5) is 14.0. The lowest BCUT2D eigenvalue weighted by molar-refractivity contribution is -0.120. The van der Waals surface area contributed by atoms with E-state index in [1.165, 1.54) is 15.3 Å². The first-order valence-electron chi connectivity index (χ1n) is 5.55. The molecule has 0 aliphatic rings. The fourth-order valence-corrected chi connectivity index (χ4v) is 2.49. The molecule has 0 bridgehead atoms. The van der Waals surface area contributed by atoms with Crippen molar-refractivity contribution in [3.8, 4) is 0 Å². The smallest absolute Gasteiger partial charge is 0.234 e. The summed E-state index contributed by atoms with van der Waals surface area (Å²) in [5.41, 5.74) is 1.29. The zero-order valence-electron chi connectivity index (χ0n) is 10.4. The SMILES string of the molecule is Cc1cc(CNCC(=O)NC(C)C)c(C)s1. The molecule has 1 amide bonds. The van der Waals surface area contributed by atoms with Crippen LogP contribution in [0.3, 0.4) is 0 Å². The highest BCUT2D eigenvalue weighted by Crippen LogP contribution is 2.19. The predicted molar refractivity (Wildman–Crippen MR) is 68.8 cm³/mol. The second-order valence-electron chi connectivity index (χ2n) is 4.26. The summed E-state index contributed by atoms with van der Waals surface area (Å²) in [5, 5.41) is 6.01. The van der Waals surface area contributed by atoms with Gasteiger partial charge in [0, 0.05) is 22.3 Å². The van der Waals surface area contributed by atoms with E-state index in [4.69, 9.17) is 0 Å². The third-order valence-electron chi connectivity index (χ3n) is 2.19. The first-order valence-corrected chi connectivity index (χ1v) is 6.36. The van der Waals surface area contributed by atoms with E-state index in [0.29, 0.717) is 6.54 Å². The number of thiophene rings is 1. The maximum Gasteiger partial charge on any atom is 0.234 e. The van der Waals surface area contributed by atoms with Gasteiger partial charge in [-0.15, -0.1) is 11.3 Å². The first kappa shape index (κ1) is 13.2. The Hall–Kier alpha value is -0.870. The molecule has 1 aromatic rings. The Kier molecular flexibility index (Phi) is 4.96. The van der Waals surface area contributed by atoms with Crippen LogP contribution < -0.4 is 10.6 Å². The Labute approximate surface area is 101 Å². The average molecular weight is 240 g/mol. The van der Waals surface area contributed by atoms with E-state index in [1.54, 1.807) is 11.3 Å². The highest BCUT2D eigenvalue weighted by molar-refractivity contribution is 7.12. The summed E-state index contributed by atoms with van der Waals surface area (Å²) in [6.45, 7) is 9.29. The highest BCUT2D eigenvalue weighted by atomic mass is 32.1. The number of amides is 1. The minimum absolute atomic E-state index is 0.0552. The highest BCUT2D eigenvalue weighted by Gasteiger charge is 2.05. The molecule has 3 nitrogen and oxygen atoms in total. The van der Waals surface area contributed by atoms with Crippen molar-refractivity contribution >= 4 is 17.2 Å². The summed E-state index contributed by atoms with van der Waals surface area (Å²) in [6, 6.07) is 2.38. The van der Waals surface area contributed by atoms with E-state index in [9.17, 15) is 4.79 Å². The number of nitrogens with one attached hydrogen (secondary N) is 2. The van der Waals surface area contributed by atoms with Crippen molar-refractivity contribution < 1.29 is 4.79 Å². The summed E-state index contributed by atoms with van der Waals surface area (Å²) in [5.74, 6) is 0.0552. The number of carbonyl (C=O) groups excluding carboxylic acids is 1. The van der Waals surface area contributed by atoms with Gasteiger partial charge in [-0.05, 0) is 39.3 Å². The number of aryl methyl sites for hydroxylation is 2. The first-order chi connectivity index (χ1) is 7.49. The molecule has 0 aromatic carbocycles. The molecule has 1 heterocycles. The van der Waals surface area contributed by atoms with Crippen LogP contribution in [0, 0.1) is 13.8 Å².